The summed E-state index contributed by atoms with van der Waals surface area (Å²) in [4.78, 5) is 29.0. The fraction of sp³-hybridized carbons (Fsp3) is 0.280. The van der Waals surface area contributed by atoms with Gasteiger partial charge in [0.25, 0.3) is 5.91 Å². The molecule has 1 aliphatic heterocycles. The van der Waals surface area contributed by atoms with Crippen molar-refractivity contribution in [3.05, 3.63) is 66.0 Å². The van der Waals surface area contributed by atoms with E-state index in [9.17, 15) is 9.18 Å². The Balaban J connectivity index is 1.67. The van der Waals surface area contributed by atoms with Gasteiger partial charge in [0.15, 0.2) is 11.5 Å². The van der Waals surface area contributed by atoms with Crippen LogP contribution in [0.2, 0.25) is 0 Å². The topological polar surface area (TPSA) is 98.6 Å². The van der Waals surface area contributed by atoms with E-state index >= 15 is 0 Å². The number of nitrogens with zero attached hydrogens (tertiary/aromatic N) is 5. The number of amides is 1. The number of hydrogen-bond donors (Lipinski definition) is 1. The number of nitrogen functional groups attached to an aromatic ring is 1. The van der Waals surface area contributed by atoms with Gasteiger partial charge < -0.3 is 19.8 Å². The Morgan fingerprint density at radius 2 is 1.88 bits per heavy atom. The number of halogens is 1. The second kappa shape index (κ2) is 8.83. The highest BCUT2D eigenvalue weighted by Gasteiger charge is 2.32. The number of aromatic nitrogens is 4. The summed E-state index contributed by atoms with van der Waals surface area (Å²) in [5.41, 5.74) is 10.5. The van der Waals surface area contributed by atoms with E-state index in [1.165, 1.54) is 12.1 Å². The zero-order chi connectivity index (χ0) is 23.8. The molecule has 174 valence electrons. The van der Waals surface area contributed by atoms with Crippen molar-refractivity contribution >= 4 is 17.4 Å². The molecule has 0 spiro atoms. The Morgan fingerprint density at radius 1 is 1.15 bits per heavy atom. The van der Waals surface area contributed by atoms with Crippen LogP contribution in [0.15, 0.2) is 48.8 Å². The summed E-state index contributed by atoms with van der Waals surface area (Å²) in [6, 6.07) is 9.71. The largest absolute Gasteiger partial charge is 0.383 e. The lowest BCUT2D eigenvalue weighted by atomic mass is 10.0. The first-order valence-corrected chi connectivity index (χ1v) is 11.1. The number of anilines is 1. The molecule has 1 atom stereocenters. The molecule has 34 heavy (non-hydrogen) atoms. The highest BCUT2D eigenvalue weighted by molar-refractivity contribution is 5.98. The summed E-state index contributed by atoms with van der Waals surface area (Å²) in [7, 11) is 1.62. The summed E-state index contributed by atoms with van der Waals surface area (Å²) in [6.45, 7) is 3.02. The Hall–Kier alpha value is -3.85. The van der Waals surface area contributed by atoms with Crippen LogP contribution in [0.3, 0.4) is 0 Å². The molecule has 0 radical (unpaired) electrons. The van der Waals surface area contributed by atoms with Crippen LogP contribution in [0.5, 0.6) is 0 Å². The summed E-state index contributed by atoms with van der Waals surface area (Å²) in [5, 5.41) is 0. The van der Waals surface area contributed by atoms with Crippen molar-refractivity contribution in [2.75, 3.05) is 26.0 Å². The van der Waals surface area contributed by atoms with Crippen LogP contribution in [0.1, 0.15) is 29.0 Å². The highest BCUT2D eigenvalue weighted by atomic mass is 19.1. The van der Waals surface area contributed by atoms with Gasteiger partial charge in [-0.05, 0) is 56.2 Å². The Morgan fingerprint density at radius 3 is 2.65 bits per heavy atom. The third-order valence-electron chi connectivity index (χ3n) is 6.20. The monoisotopic (exact) mass is 460 g/mol. The van der Waals surface area contributed by atoms with Gasteiger partial charge in [-0.25, -0.2) is 19.3 Å². The SMILES string of the molecule is COCC1CCCN1C(=O)c1nc(-c2ccc3ncc(C)n3c2)c(-c2ccc(F)cc2)nc1N. The molecule has 0 saturated carbocycles. The van der Waals surface area contributed by atoms with Crippen molar-refractivity contribution in [2.24, 2.45) is 0 Å². The minimum absolute atomic E-state index is 0.0242. The van der Waals surface area contributed by atoms with E-state index in [1.54, 1.807) is 30.3 Å². The van der Waals surface area contributed by atoms with Crippen LogP contribution in [0, 0.1) is 12.7 Å². The van der Waals surface area contributed by atoms with Crippen molar-refractivity contribution in [2.45, 2.75) is 25.8 Å². The highest BCUT2D eigenvalue weighted by Crippen LogP contribution is 2.32. The van der Waals surface area contributed by atoms with Crippen molar-refractivity contribution in [3.8, 4) is 22.5 Å². The number of aryl methyl sites for hydroxylation is 1. The zero-order valence-electron chi connectivity index (χ0n) is 19.0. The van der Waals surface area contributed by atoms with E-state index in [2.05, 4.69) is 9.97 Å². The standard InChI is InChI=1S/C25H25FN6O2/c1-15-12-28-20-10-7-17(13-32(15)20)22-21(16-5-8-18(26)9-6-16)30-24(27)23(29-22)25(33)31-11-3-4-19(31)14-34-2/h5-10,12-13,19H,3-4,11,14H2,1-2H3,(H2,27,30). The average Bonchev–Trinajstić information content (AvgIpc) is 3.46. The molecule has 1 saturated heterocycles. The number of ether oxygens (including phenoxy) is 1. The molecular weight excluding hydrogens is 435 g/mol. The molecule has 1 aliphatic rings. The van der Waals surface area contributed by atoms with Crippen molar-refractivity contribution < 1.29 is 13.9 Å². The van der Waals surface area contributed by atoms with E-state index in [-0.39, 0.29) is 29.3 Å². The number of carbonyl (C=O) groups is 1. The van der Waals surface area contributed by atoms with Gasteiger partial charge in [-0.1, -0.05) is 0 Å². The number of fused-ring (bicyclic) bond motifs is 1. The number of nitrogens with two attached hydrogens (primary N) is 1. The van der Waals surface area contributed by atoms with Crippen LogP contribution < -0.4 is 5.73 Å². The maximum absolute atomic E-state index is 13.6. The van der Waals surface area contributed by atoms with Gasteiger partial charge in [-0.15, -0.1) is 0 Å². The number of carbonyl (C=O) groups excluding carboxylic acids is 1. The molecule has 3 aromatic heterocycles. The molecule has 4 heterocycles. The summed E-state index contributed by atoms with van der Waals surface area (Å²) in [6.07, 6.45) is 5.45. The first-order chi connectivity index (χ1) is 16.5. The van der Waals surface area contributed by atoms with Gasteiger partial charge in [-0.3, -0.25) is 4.79 Å². The predicted molar refractivity (Wildman–Crippen MR) is 127 cm³/mol. The van der Waals surface area contributed by atoms with Gasteiger partial charge in [0.1, 0.15) is 11.5 Å². The smallest absolute Gasteiger partial charge is 0.276 e. The van der Waals surface area contributed by atoms with Crippen LogP contribution in [-0.2, 0) is 4.74 Å². The molecule has 4 aromatic rings. The van der Waals surface area contributed by atoms with Gasteiger partial charge in [0.05, 0.1) is 24.0 Å². The number of likely N-dealkylation sites (tertiary alicyclic amines) is 1. The molecule has 1 fully saturated rings. The zero-order valence-corrected chi connectivity index (χ0v) is 19.0. The Kier molecular flexibility index (Phi) is 5.70. The molecule has 5 rings (SSSR count). The normalized spacial score (nSPS) is 15.9. The van der Waals surface area contributed by atoms with Crippen LogP contribution in [0.25, 0.3) is 28.2 Å². The van der Waals surface area contributed by atoms with Gasteiger partial charge in [0, 0.05) is 42.9 Å². The average molecular weight is 461 g/mol. The first-order valence-electron chi connectivity index (χ1n) is 11.1. The van der Waals surface area contributed by atoms with Crippen molar-refractivity contribution in [3.63, 3.8) is 0 Å². The lowest BCUT2D eigenvalue weighted by Gasteiger charge is -2.24. The Bertz CT molecular complexity index is 1370. The molecule has 0 bridgehead atoms. The third kappa shape index (κ3) is 3.88. The minimum Gasteiger partial charge on any atom is -0.383 e. The fourth-order valence-electron chi connectivity index (χ4n) is 4.46. The van der Waals surface area contributed by atoms with Crippen molar-refractivity contribution in [1.29, 1.82) is 0 Å². The van der Waals surface area contributed by atoms with Gasteiger partial charge in [-0.2, -0.15) is 0 Å². The number of methoxy groups -OCH3 is 1. The van der Waals surface area contributed by atoms with Crippen LogP contribution in [0.4, 0.5) is 10.2 Å². The van der Waals surface area contributed by atoms with Gasteiger partial charge in [0.2, 0.25) is 0 Å². The maximum Gasteiger partial charge on any atom is 0.276 e. The number of imidazole rings is 1. The van der Waals surface area contributed by atoms with Crippen LogP contribution >= 0.6 is 0 Å². The number of rotatable bonds is 5. The lowest BCUT2D eigenvalue weighted by molar-refractivity contribution is 0.0626. The van der Waals surface area contributed by atoms with E-state index < -0.39 is 0 Å². The molecule has 2 N–H and O–H groups in total. The summed E-state index contributed by atoms with van der Waals surface area (Å²) >= 11 is 0. The lowest BCUT2D eigenvalue weighted by Crippen LogP contribution is -2.39. The van der Waals surface area contributed by atoms with E-state index in [4.69, 9.17) is 15.5 Å². The van der Waals surface area contributed by atoms with E-state index in [1.807, 2.05) is 29.7 Å². The second-order valence-corrected chi connectivity index (χ2v) is 8.46. The van der Waals surface area contributed by atoms with E-state index in [0.29, 0.717) is 30.1 Å². The molecule has 1 amide bonds. The quantitative estimate of drug-likeness (QED) is 0.487. The summed E-state index contributed by atoms with van der Waals surface area (Å²) in [5.74, 6) is -0.584. The third-order valence-corrected chi connectivity index (χ3v) is 6.20. The van der Waals surface area contributed by atoms with Crippen LogP contribution in [-0.4, -0.2) is 56.5 Å². The predicted octanol–water partition coefficient (Wildman–Crippen LogP) is 3.74. The molecular formula is C25H25FN6O2. The van der Waals surface area contributed by atoms with E-state index in [0.717, 1.165) is 29.7 Å². The number of pyridine rings is 1. The van der Waals surface area contributed by atoms with Gasteiger partial charge >= 0.3 is 0 Å². The molecule has 8 nitrogen and oxygen atoms in total. The number of hydrogen-bond acceptors (Lipinski definition) is 6. The molecule has 0 aliphatic carbocycles. The maximum atomic E-state index is 13.6. The Labute approximate surface area is 196 Å². The molecule has 9 heteroatoms. The first kappa shape index (κ1) is 22.0. The molecule has 1 aromatic carbocycles. The second-order valence-electron chi connectivity index (χ2n) is 8.46. The number of benzene rings is 1. The molecule has 1 unspecified atom stereocenters. The minimum atomic E-state index is -0.355. The fourth-order valence-corrected chi connectivity index (χ4v) is 4.46. The summed E-state index contributed by atoms with van der Waals surface area (Å²) < 4.78 is 20.8. The van der Waals surface area contributed by atoms with Crippen molar-refractivity contribution in [1.82, 2.24) is 24.3 Å².